The number of methoxy groups -OCH3 is 1. The van der Waals surface area contributed by atoms with Crippen molar-refractivity contribution in [3.63, 3.8) is 0 Å². The van der Waals surface area contributed by atoms with Crippen LogP contribution >= 0.6 is 11.3 Å². The van der Waals surface area contributed by atoms with E-state index in [-0.39, 0.29) is 5.97 Å². The van der Waals surface area contributed by atoms with Crippen LogP contribution in [0.4, 0.5) is 0 Å². The fraction of sp³-hybridized carbons (Fsp3) is 0.500. The van der Waals surface area contributed by atoms with Crippen molar-refractivity contribution < 1.29 is 9.53 Å². The Bertz CT molecular complexity index is 370. The third kappa shape index (κ3) is 1.44. The van der Waals surface area contributed by atoms with Crippen LogP contribution in [0.2, 0.25) is 0 Å². The van der Waals surface area contributed by atoms with Crippen LogP contribution in [0.25, 0.3) is 0 Å². The molecule has 1 aliphatic heterocycles. The maximum Gasteiger partial charge on any atom is 0.339 e. The summed E-state index contributed by atoms with van der Waals surface area (Å²) in [6, 6.07) is 0. The van der Waals surface area contributed by atoms with Crippen molar-refractivity contribution in [3.8, 4) is 0 Å². The van der Waals surface area contributed by atoms with Gasteiger partial charge >= 0.3 is 5.97 Å². The third-order valence-corrected chi connectivity index (χ3v) is 3.64. The van der Waals surface area contributed by atoms with Gasteiger partial charge in [0.25, 0.3) is 0 Å². The molecule has 1 aromatic rings. The van der Waals surface area contributed by atoms with Gasteiger partial charge in [0.15, 0.2) is 0 Å². The molecule has 4 heteroatoms. The van der Waals surface area contributed by atoms with Crippen LogP contribution in [0.15, 0.2) is 0 Å². The minimum atomic E-state index is -0.193. The van der Waals surface area contributed by atoms with Crippen molar-refractivity contribution in [2.24, 2.45) is 0 Å². The monoisotopic (exact) mass is 211 g/mol. The highest BCUT2D eigenvalue weighted by molar-refractivity contribution is 7.12. The van der Waals surface area contributed by atoms with Gasteiger partial charge in [0.05, 0.1) is 12.7 Å². The molecule has 1 aromatic heterocycles. The van der Waals surface area contributed by atoms with E-state index in [2.05, 4.69) is 5.32 Å². The van der Waals surface area contributed by atoms with E-state index in [1.165, 1.54) is 17.6 Å². The minimum Gasteiger partial charge on any atom is -0.465 e. The predicted octanol–water partition coefficient (Wildman–Crippen LogP) is 1.49. The maximum absolute atomic E-state index is 11.5. The number of esters is 1. The molecule has 0 aliphatic carbocycles. The molecular formula is C10H13NO2S. The Morgan fingerprint density at radius 1 is 1.57 bits per heavy atom. The SMILES string of the molecule is COC(=O)c1c(C)sc2c1CCNC2. The Kier molecular flexibility index (Phi) is 2.56. The molecule has 0 spiro atoms. The summed E-state index contributed by atoms with van der Waals surface area (Å²) in [5, 5.41) is 3.30. The second-order valence-corrected chi connectivity index (χ2v) is 4.66. The van der Waals surface area contributed by atoms with E-state index in [1.807, 2.05) is 6.92 Å². The lowest BCUT2D eigenvalue weighted by atomic mass is 10.0. The fourth-order valence-electron chi connectivity index (χ4n) is 1.84. The first-order valence-corrected chi connectivity index (χ1v) is 5.46. The molecule has 76 valence electrons. The Hall–Kier alpha value is -0.870. The molecule has 0 fully saturated rings. The lowest BCUT2D eigenvalue weighted by Gasteiger charge is -2.13. The highest BCUT2D eigenvalue weighted by Gasteiger charge is 2.23. The molecule has 0 atom stereocenters. The van der Waals surface area contributed by atoms with Gasteiger partial charge in [-0.25, -0.2) is 4.79 Å². The molecule has 2 rings (SSSR count). The number of ether oxygens (including phenoxy) is 1. The standard InChI is InChI=1S/C10H13NO2S/c1-6-9(10(12)13-2)7-3-4-11-5-8(7)14-6/h11H,3-5H2,1-2H3. The fourth-order valence-corrected chi connectivity index (χ4v) is 3.02. The summed E-state index contributed by atoms with van der Waals surface area (Å²) < 4.78 is 4.79. The van der Waals surface area contributed by atoms with Crippen molar-refractivity contribution in [1.82, 2.24) is 5.32 Å². The summed E-state index contributed by atoms with van der Waals surface area (Å²) in [6.45, 7) is 3.82. The van der Waals surface area contributed by atoms with Crippen LogP contribution in [0.3, 0.4) is 0 Å². The highest BCUT2D eigenvalue weighted by atomic mass is 32.1. The average Bonchev–Trinajstić information content (AvgIpc) is 2.53. The first-order chi connectivity index (χ1) is 6.74. The van der Waals surface area contributed by atoms with Gasteiger partial charge in [0.1, 0.15) is 0 Å². The Labute approximate surface area is 87.1 Å². The van der Waals surface area contributed by atoms with Crippen LogP contribution in [0, 0.1) is 6.92 Å². The molecule has 0 radical (unpaired) electrons. The predicted molar refractivity (Wildman–Crippen MR) is 55.8 cm³/mol. The number of aryl methyl sites for hydroxylation is 1. The molecule has 0 bridgehead atoms. The van der Waals surface area contributed by atoms with Gasteiger partial charge in [-0.15, -0.1) is 11.3 Å². The Morgan fingerprint density at radius 2 is 2.36 bits per heavy atom. The van der Waals surface area contributed by atoms with Gasteiger partial charge < -0.3 is 10.1 Å². The highest BCUT2D eigenvalue weighted by Crippen LogP contribution is 2.30. The van der Waals surface area contributed by atoms with Crippen molar-refractivity contribution in [3.05, 3.63) is 20.9 Å². The molecule has 1 N–H and O–H groups in total. The summed E-state index contributed by atoms with van der Waals surface area (Å²) in [6.07, 6.45) is 0.935. The summed E-state index contributed by atoms with van der Waals surface area (Å²) in [5.41, 5.74) is 1.99. The van der Waals surface area contributed by atoms with Gasteiger partial charge in [-0.3, -0.25) is 0 Å². The number of hydrogen-bond acceptors (Lipinski definition) is 4. The van der Waals surface area contributed by atoms with Crippen LogP contribution in [-0.4, -0.2) is 19.6 Å². The number of nitrogens with one attached hydrogen (secondary N) is 1. The van der Waals surface area contributed by atoms with E-state index < -0.39 is 0 Å². The quantitative estimate of drug-likeness (QED) is 0.715. The van der Waals surface area contributed by atoms with Crippen molar-refractivity contribution in [2.75, 3.05) is 13.7 Å². The zero-order chi connectivity index (χ0) is 10.1. The van der Waals surface area contributed by atoms with E-state index in [0.717, 1.165) is 30.0 Å². The van der Waals surface area contributed by atoms with Gasteiger partial charge in [0.2, 0.25) is 0 Å². The normalized spacial score (nSPS) is 15.0. The average molecular weight is 211 g/mol. The van der Waals surface area contributed by atoms with E-state index >= 15 is 0 Å². The van der Waals surface area contributed by atoms with Crippen molar-refractivity contribution >= 4 is 17.3 Å². The van der Waals surface area contributed by atoms with Crippen molar-refractivity contribution in [1.29, 1.82) is 0 Å². The molecule has 0 aromatic carbocycles. The first-order valence-electron chi connectivity index (χ1n) is 4.64. The molecule has 3 nitrogen and oxygen atoms in total. The summed E-state index contributed by atoms with van der Waals surface area (Å²) in [7, 11) is 1.44. The lowest BCUT2D eigenvalue weighted by Crippen LogP contribution is -2.23. The van der Waals surface area contributed by atoms with E-state index in [9.17, 15) is 4.79 Å². The summed E-state index contributed by atoms with van der Waals surface area (Å²) in [4.78, 5) is 13.9. The molecular weight excluding hydrogens is 198 g/mol. The minimum absolute atomic E-state index is 0.193. The molecule has 0 saturated heterocycles. The molecule has 2 heterocycles. The van der Waals surface area contributed by atoms with Crippen LogP contribution in [0.5, 0.6) is 0 Å². The lowest BCUT2D eigenvalue weighted by molar-refractivity contribution is 0.0599. The number of fused-ring (bicyclic) bond motifs is 1. The second-order valence-electron chi connectivity index (χ2n) is 3.35. The van der Waals surface area contributed by atoms with Crippen LogP contribution in [-0.2, 0) is 17.7 Å². The summed E-state index contributed by atoms with van der Waals surface area (Å²) in [5.74, 6) is -0.193. The van der Waals surface area contributed by atoms with Crippen LogP contribution in [0.1, 0.15) is 25.7 Å². The van der Waals surface area contributed by atoms with Crippen LogP contribution < -0.4 is 5.32 Å². The zero-order valence-electron chi connectivity index (χ0n) is 8.35. The topological polar surface area (TPSA) is 38.3 Å². The molecule has 14 heavy (non-hydrogen) atoms. The number of carbonyl (C=O) groups excluding carboxylic acids is 1. The molecule has 0 unspecified atom stereocenters. The number of carbonyl (C=O) groups is 1. The molecule has 0 saturated carbocycles. The van der Waals surface area contributed by atoms with E-state index in [4.69, 9.17) is 4.74 Å². The van der Waals surface area contributed by atoms with Crippen molar-refractivity contribution in [2.45, 2.75) is 19.9 Å². The van der Waals surface area contributed by atoms with Gasteiger partial charge in [-0.1, -0.05) is 0 Å². The number of hydrogen-bond donors (Lipinski definition) is 1. The van der Waals surface area contributed by atoms with E-state index in [0.29, 0.717) is 0 Å². The Balaban J connectivity index is 2.47. The van der Waals surface area contributed by atoms with E-state index in [1.54, 1.807) is 11.3 Å². The third-order valence-electron chi connectivity index (χ3n) is 2.49. The largest absolute Gasteiger partial charge is 0.465 e. The first kappa shape index (κ1) is 9.68. The Morgan fingerprint density at radius 3 is 3.07 bits per heavy atom. The van der Waals surface area contributed by atoms with Gasteiger partial charge in [-0.2, -0.15) is 0 Å². The smallest absolute Gasteiger partial charge is 0.339 e. The maximum atomic E-state index is 11.5. The number of rotatable bonds is 1. The summed E-state index contributed by atoms with van der Waals surface area (Å²) >= 11 is 1.70. The number of thiophene rings is 1. The van der Waals surface area contributed by atoms with Gasteiger partial charge in [-0.05, 0) is 25.5 Å². The second kappa shape index (κ2) is 3.71. The zero-order valence-corrected chi connectivity index (χ0v) is 9.16. The van der Waals surface area contributed by atoms with Gasteiger partial charge in [0, 0.05) is 16.3 Å². The molecule has 1 aliphatic rings. The molecule has 0 amide bonds.